The Morgan fingerprint density at radius 2 is 1.68 bits per heavy atom. The zero-order valence-electron chi connectivity index (χ0n) is 21.1. The molecule has 3 N–H and O–H groups in total. The standard InChI is InChI=1S/C26H22F5N5O3S/c1-39-19-4-3-14(11-20(19)40(2,37)38)18-10-15(7-13-8-16(27)12-17(28)9-13)21-22(33-18)23(35-24(32)34-21)36-25(5-6-25)26(29,30)31/h3-4,8-12H,5-7H2,1-2H3,(H3,32,34,35,36). The van der Waals surface area contributed by atoms with Gasteiger partial charge >= 0.3 is 6.18 Å². The fourth-order valence-corrected chi connectivity index (χ4v) is 5.31. The Bertz CT molecular complexity index is 1740. The normalized spacial score (nSPS) is 14.8. The number of nitrogen functional groups attached to an aromatic ring is 1. The third-order valence-electron chi connectivity index (χ3n) is 6.57. The first kappa shape index (κ1) is 27.5. The highest BCUT2D eigenvalue weighted by molar-refractivity contribution is 7.90. The number of halogens is 5. The number of aromatic nitrogens is 3. The van der Waals surface area contributed by atoms with E-state index in [9.17, 15) is 30.4 Å². The van der Waals surface area contributed by atoms with Crippen LogP contribution in [0.4, 0.5) is 33.7 Å². The summed E-state index contributed by atoms with van der Waals surface area (Å²) >= 11 is 0. The van der Waals surface area contributed by atoms with Crippen molar-refractivity contribution in [1.29, 1.82) is 0 Å². The van der Waals surface area contributed by atoms with Crippen molar-refractivity contribution in [1.82, 2.24) is 15.0 Å². The maximum atomic E-state index is 14.0. The van der Waals surface area contributed by atoms with Gasteiger partial charge in [0.25, 0.3) is 0 Å². The lowest BCUT2D eigenvalue weighted by atomic mass is 10.0. The molecule has 1 aliphatic carbocycles. The number of anilines is 2. The van der Waals surface area contributed by atoms with Crippen LogP contribution < -0.4 is 15.8 Å². The van der Waals surface area contributed by atoms with E-state index in [0.717, 1.165) is 18.4 Å². The molecule has 40 heavy (non-hydrogen) atoms. The molecule has 14 heteroatoms. The van der Waals surface area contributed by atoms with Crippen LogP contribution in [-0.4, -0.2) is 48.5 Å². The van der Waals surface area contributed by atoms with Crippen LogP contribution >= 0.6 is 0 Å². The third kappa shape index (κ3) is 5.22. The lowest BCUT2D eigenvalue weighted by Gasteiger charge is -2.22. The van der Waals surface area contributed by atoms with E-state index in [1.807, 2.05) is 0 Å². The van der Waals surface area contributed by atoms with Gasteiger partial charge in [0.1, 0.15) is 38.9 Å². The smallest absolute Gasteiger partial charge is 0.411 e. The number of sulfone groups is 1. The molecule has 2 aromatic carbocycles. The molecule has 2 heterocycles. The Balaban J connectivity index is 1.75. The molecule has 0 radical (unpaired) electrons. The number of nitrogens with one attached hydrogen (secondary N) is 1. The van der Waals surface area contributed by atoms with Gasteiger partial charge < -0.3 is 15.8 Å². The van der Waals surface area contributed by atoms with Gasteiger partial charge in [0, 0.05) is 17.9 Å². The Hall–Kier alpha value is -4.07. The van der Waals surface area contributed by atoms with E-state index >= 15 is 0 Å². The Morgan fingerprint density at radius 3 is 2.25 bits per heavy atom. The van der Waals surface area contributed by atoms with E-state index in [1.54, 1.807) is 0 Å². The molecule has 0 aliphatic heterocycles. The molecule has 0 atom stereocenters. The average molecular weight is 580 g/mol. The lowest BCUT2D eigenvalue weighted by molar-refractivity contribution is -0.151. The van der Waals surface area contributed by atoms with Crippen LogP contribution in [0.25, 0.3) is 22.3 Å². The Morgan fingerprint density at radius 1 is 1.00 bits per heavy atom. The molecule has 8 nitrogen and oxygen atoms in total. The van der Waals surface area contributed by atoms with Gasteiger partial charge in [-0.15, -0.1) is 0 Å². The number of hydrogen-bond donors (Lipinski definition) is 2. The number of methoxy groups -OCH3 is 1. The number of ether oxygens (including phenoxy) is 1. The van der Waals surface area contributed by atoms with Crippen molar-refractivity contribution in [2.45, 2.75) is 35.9 Å². The van der Waals surface area contributed by atoms with Gasteiger partial charge in [0.05, 0.1) is 12.8 Å². The van der Waals surface area contributed by atoms with Crippen LogP contribution in [0.1, 0.15) is 24.0 Å². The highest BCUT2D eigenvalue weighted by Gasteiger charge is 2.64. The SMILES string of the molecule is COc1ccc(-c2cc(Cc3cc(F)cc(F)c3)c3nc(N)nc(NC4(C(F)(F)F)CC4)c3n2)cc1S(C)(=O)=O. The summed E-state index contributed by atoms with van der Waals surface area (Å²) in [5, 5.41) is 2.44. The number of nitrogens with zero attached hydrogens (tertiary/aromatic N) is 3. The van der Waals surface area contributed by atoms with Crippen molar-refractivity contribution < 1.29 is 35.1 Å². The third-order valence-corrected chi connectivity index (χ3v) is 7.69. The van der Waals surface area contributed by atoms with Crippen molar-refractivity contribution in [2.75, 3.05) is 24.4 Å². The zero-order chi connectivity index (χ0) is 29.0. The predicted octanol–water partition coefficient (Wildman–Crippen LogP) is 5.06. The van der Waals surface area contributed by atoms with Gasteiger partial charge in [0.15, 0.2) is 15.7 Å². The summed E-state index contributed by atoms with van der Waals surface area (Å²) in [5.41, 5.74) is 4.60. The van der Waals surface area contributed by atoms with Crippen LogP contribution in [0.3, 0.4) is 0 Å². The van der Waals surface area contributed by atoms with E-state index in [0.29, 0.717) is 11.6 Å². The van der Waals surface area contributed by atoms with Crippen LogP contribution in [-0.2, 0) is 16.3 Å². The number of pyridine rings is 1. The largest absolute Gasteiger partial charge is 0.495 e. The molecule has 4 aromatic rings. The highest BCUT2D eigenvalue weighted by atomic mass is 32.2. The summed E-state index contributed by atoms with van der Waals surface area (Å²) < 4.78 is 99.3. The fraction of sp³-hybridized carbons (Fsp3) is 0.269. The quantitative estimate of drug-likeness (QED) is 0.292. The number of hydrogen-bond acceptors (Lipinski definition) is 8. The van der Waals surface area contributed by atoms with E-state index < -0.39 is 33.2 Å². The molecule has 2 aromatic heterocycles. The molecule has 0 unspecified atom stereocenters. The van der Waals surface area contributed by atoms with Crippen molar-refractivity contribution in [3.63, 3.8) is 0 Å². The summed E-state index contributed by atoms with van der Waals surface area (Å²) in [5.74, 6) is -2.17. The maximum Gasteiger partial charge on any atom is 0.411 e. The van der Waals surface area contributed by atoms with Gasteiger partial charge in [-0.1, -0.05) is 0 Å². The van der Waals surface area contributed by atoms with Crippen molar-refractivity contribution in [3.8, 4) is 17.0 Å². The summed E-state index contributed by atoms with van der Waals surface area (Å²) in [6.45, 7) is 0. The van der Waals surface area contributed by atoms with E-state index in [1.165, 1.54) is 31.4 Å². The number of fused-ring (bicyclic) bond motifs is 1. The first-order valence-corrected chi connectivity index (χ1v) is 13.7. The van der Waals surface area contributed by atoms with Gasteiger partial charge in [-0.05, 0) is 66.8 Å². The molecular formula is C26H22F5N5O3S. The molecule has 0 amide bonds. The molecule has 210 valence electrons. The van der Waals surface area contributed by atoms with Gasteiger partial charge in [-0.25, -0.2) is 27.2 Å². The van der Waals surface area contributed by atoms with Crippen molar-refractivity contribution >= 4 is 32.6 Å². The predicted molar refractivity (Wildman–Crippen MR) is 138 cm³/mol. The molecule has 5 rings (SSSR count). The summed E-state index contributed by atoms with van der Waals surface area (Å²) in [6, 6.07) is 8.69. The summed E-state index contributed by atoms with van der Waals surface area (Å²) in [6.07, 6.45) is -4.06. The van der Waals surface area contributed by atoms with Crippen molar-refractivity contribution in [2.24, 2.45) is 0 Å². The van der Waals surface area contributed by atoms with E-state index in [2.05, 4.69) is 20.3 Å². The molecule has 0 spiro atoms. The maximum absolute atomic E-state index is 14.0. The minimum atomic E-state index is -4.58. The van der Waals surface area contributed by atoms with E-state index in [4.69, 9.17) is 10.5 Å². The summed E-state index contributed by atoms with van der Waals surface area (Å²) in [4.78, 5) is 12.5. The number of rotatable bonds is 7. The van der Waals surface area contributed by atoms with Gasteiger partial charge in [-0.2, -0.15) is 18.2 Å². The van der Waals surface area contributed by atoms with Gasteiger partial charge in [0.2, 0.25) is 5.95 Å². The fourth-order valence-electron chi connectivity index (χ4n) is 4.45. The molecule has 1 saturated carbocycles. The minimum Gasteiger partial charge on any atom is -0.495 e. The Kier molecular flexibility index (Phi) is 6.56. The monoisotopic (exact) mass is 579 g/mol. The highest BCUT2D eigenvalue weighted by Crippen LogP contribution is 2.51. The van der Waals surface area contributed by atoms with Crippen LogP contribution in [0.15, 0.2) is 47.4 Å². The minimum absolute atomic E-state index is 0.0678. The first-order valence-electron chi connectivity index (χ1n) is 11.8. The second kappa shape index (κ2) is 9.54. The molecule has 0 saturated heterocycles. The lowest BCUT2D eigenvalue weighted by Crippen LogP contribution is -2.39. The first-order chi connectivity index (χ1) is 18.7. The van der Waals surface area contributed by atoms with Gasteiger partial charge in [-0.3, -0.25) is 0 Å². The van der Waals surface area contributed by atoms with E-state index in [-0.39, 0.29) is 69.5 Å². The average Bonchev–Trinajstić information content (AvgIpc) is 3.64. The number of alkyl halides is 3. The number of benzene rings is 2. The second-order valence-corrected chi connectivity index (χ2v) is 11.6. The zero-order valence-corrected chi connectivity index (χ0v) is 21.9. The topological polar surface area (TPSA) is 120 Å². The second-order valence-electron chi connectivity index (χ2n) is 9.59. The molecule has 0 bridgehead atoms. The van der Waals surface area contributed by atoms with Crippen LogP contribution in [0.2, 0.25) is 0 Å². The van der Waals surface area contributed by atoms with Crippen LogP contribution in [0.5, 0.6) is 5.75 Å². The number of nitrogens with two attached hydrogens (primary N) is 1. The van der Waals surface area contributed by atoms with Crippen molar-refractivity contribution in [3.05, 3.63) is 65.2 Å². The Labute approximate surface area is 225 Å². The summed E-state index contributed by atoms with van der Waals surface area (Å²) in [7, 11) is -2.44. The molecular weight excluding hydrogens is 557 g/mol. The molecule has 1 aliphatic rings. The molecule has 1 fully saturated rings. The van der Waals surface area contributed by atoms with Crippen LogP contribution in [0, 0.1) is 11.6 Å².